The lowest BCUT2D eigenvalue weighted by Crippen LogP contribution is -2.23. The first-order chi connectivity index (χ1) is 10.2. The minimum atomic E-state index is -0.806. The predicted octanol–water partition coefficient (Wildman–Crippen LogP) is 1.26. The molecular weight excluding hydrogens is 272 g/mol. The van der Waals surface area contributed by atoms with Gasteiger partial charge in [0.15, 0.2) is 5.82 Å². The van der Waals surface area contributed by atoms with Gasteiger partial charge in [0.1, 0.15) is 5.75 Å². The minimum absolute atomic E-state index is 0.0970. The molecular formula is C14H16N4O3. The Morgan fingerprint density at radius 2 is 2.29 bits per heavy atom. The van der Waals surface area contributed by atoms with Gasteiger partial charge in [0.05, 0.1) is 12.5 Å². The van der Waals surface area contributed by atoms with Crippen molar-refractivity contribution in [2.75, 3.05) is 6.61 Å². The van der Waals surface area contributed by atoms with E-state index in [1.54, 1.807) is 4.68 Å². The molecule has 2 heterocycles. The molecule has 0 saturated carbocycles. The Balaban J connectivity index is 1.71. The molecule has 0 amide bonds. The molecule has 0 spiro atoms. The predicted molar refractivity (Wildman–Crippen MR) is 73.1 cm³/mol. The molecule has 1 aromatic carbocycles. The quantitative estimate of drug-likeness (QED) is 0.890. The smallest absolute Gasteiger partial charge is 0.303 e. The molecule has 110 valence electrons. The summed E-state index contributed by atoms with van der Waals surface area (Å²) in [7, 11) is 0. The molecule has 1 aromatic heterocycles. The molecule has 0 fully saturated rings. The van der Waals surface area contributed by atoms with Crippen LogP contribution in [0.3, 0.4) is 0 Å². The van der Waals surface area contributed by atoms with Gasteiger partial charge in [0, 0.05) is 13.0 Å². The zero-order valence-corrected chi connectivity index (χ0v) is 11.5. The highest BCUT2D eigenvalue weighted by atomic mass is 16.5. The zero-order chi connectivity index (χ0) is 14.7. The number of fused-ring (bicyclic) bond motifs is 1. The summed E-state index contributed by atoms with van der Waals surface area (Å²) in [5.41, 5.74) is 1.15. The number of rotatable bonds is 5. The van der Waals surface area contributed by atoms with Crippen LogP contribution in [0.2, 0.25) is 0 Å². The first-order valence-electron chi connectivity index (χ1n) is 6.92. The fourth-order valence-electron chi connectivity index (χ4n) is 2.54. The number of carboxylic acid groups (broad SMARTS) is 1. The van der Waals surface area contributed by atoms with Gasteiger partial charge in [-0.1, -0.05) is 18.2 Å². The summed E-state index contributed by atoms with van der Waals surface area (Å²) >= 11 is 0. The summed E-state index contributed by atoms with van der Waals surface area (Å²) in [6, 6.07) is 7.94. The van der Waals surface area contributed by atoms with Crippen LogP contribution in [0, 0.1) is 0 Å². The van der Waals surface area contributed by atoms with E-state index in [2.05, 4.69) is 15.5 Å². The number of benzene rings is 1. The van der Waals surface area contributed by atoms with Crippen molar-refractivity contribution in [2.24, 2.45) is 0 Å². The Kier molecular flexibility index (Phi) is 3.81. The van der Waals surface area contributed by atoms with Crippen LogP contribution in [0.4, 0.5) is 0 Å². The van der Waals surface area contributed by atoms with Crippen LogP contribution in [0.15, 0.2) is 24.3 Å². The van der Waals surface area contributed by atoms with Crippen LogP contribution < -0.4 is 4.74 Å². The van der Waals surface area contributed by atoms with Crippen LogP contribution in [-0.4, -0.2) is 37.9 Å². The molecule has 1 unspecified atom stereocenters. The number of ether oxygens (including phenoxy) is 1. The molecule has 7 nitrogen and oxygen atoms in total. The molecule has 7 heteroatoms. The average molecular weight is 288 g/mol. The minimum Gasteiger partial charge on any atom is -0.493 e. The molecule has 2 aromatic rings. The summed E-state index contributed by atoms with van der Waals surface area (Å²) in [5, 5.41) is 20.4. The molecule has 1 N–H and O–H groups in total. The first-order valence-corrected chi connectivity index (χ1v) is 6.92. The van der Waals surface area contributed by atoms with Crippen molar-refractivity contribution >= 4 is 5.97 Å². The normalized spacial score (nSPS) is 17.0. The number of para-hydroxylation sites is 1. The maximum absolute atomic E-state index is 10.6. The van der Waals surface area contributed by atoms with Crippen molar-refractivity contribution in [3.8, 4) is 5.75 Å². The number of nitrogens with zero attached hydrogens (tertiary/aromatic N) is 4. The van der Waals surface area contributed by atoms with Crippen molar-refractivity contribution in [3.05, 3.63) is 35.7 Å². The largest absolute Gasteiger partial charge is 0.493 e. The van der Waals surface area contributed by atoms with Crippen LogP contribution in [0.5, 0.6) is 5.75 Å². The summed E-state index contributed by atoms with van der Waals surface area (Å²) in [6.07, 6.45) is 1.45. The summed E-state index contributed by atoms with van der Waals surface area (Å²) in [6.45, 7) is 1.04. The number of hydrogen-bond donors (Lipinski definition) is 1. The van der Waals surface area contributed by atoms with Crippen molar-refractivity contribution in [2.45, 2.75) is 31.7 Å². The lowest BCUT2D eigenvalue weighted by atomic mass is 9.96. The molecule has 0 saturated heterocycles. The number of carboxylic acids is 1. The number of aromatic nitrogens is 4. The van der Waals surface area contributed by atoms with Crippen molar-refractivity contribution in [1.82, 2.24) is 20.2 Å². The third kappa shape index (κ3) is 3.01. The van der Waals surface area contributed by atoms with E-state index in [9.17, 15) is 4.79 Å². The van der Waals surface area contributed by atoms with Crippen LogP contribution in [0.1, 0.15) is 30.1 Å². The standard InChI is InChI=1S/C14H16N4O3/c19-13(20)6-3-7-18-14(15-16-17-18)11-8-10-4-1-2-5-12(10)21-9-11/h1-2,4-5,11H,3,6-9H2,(H,19,20). The van der Waals surface area contributed by atoms with E-state index in [1.165, 1.54) is 0 Å². The van der Waals surface area contributed by atoms with Crippen molar-refractivity contribution in [1.29, 1.82) is 0 Å². The SMILES string of the molecule is O=C(O)CCCn1nnnc1C1COc2ccccc2C1. The molecule has 1 aliphatic rings. The van der Waals surface area contributed by atoms with Crippen LogP contribution >= 0.6 is 0 Å². The molecule has 3 rings (SSSR count). The van der Waals surface area contributed by atoms with E-state index >= 15 is 0 Å². The van der Waals surface area contributed by atoms with E-state index in [0.717, 1.165) is 23.6 Å². The van der Waals surface area contributed by atoms with Gasteiger partial charge in [0.25, 0.3) is 0 Å². The highest BCUT2D eigenvalue weighted by Gasteiger charge is 2.25. The van der Waals surface area contributed by atoms with Crippen LogP contribution in [-0.2, 0) is 17.8 Å². The molecule has 1 aliphatic heterocycles. The van der Waals surface area contributed by atoms with E-state index in [0.29, 0.717) is 19.6 Å². The Hall–Kier alpha value is -2.44. The van der Waals surface area contributed by atoms with Gasteiger partial charge in [-0.2, -0.15) is 0 Å². The first kappa shape index (κ1) is 13.5. The Labute approximate surface area is 121 Å². The average Bonchev–Trinajstić information content (AvgIpc) is 2.95. The number of hydrogen-bond acceptors (Lipinski definition) is 5. The van der Waals surface area contributed by atoms with E-state index in [1.807, 2.05) is 24.3 Å². The van der Waals surface area contributed by atoms with Crippen LogP contribution in [0.25, 0.3) is 0 Å². The molecule has 0 bridgehead atoms. The number of tetrazole rings is 1. The van der Waals surface area contributed by atoms with Gasteiger partial charge < -0.3 is 9.84 Å². The number of aliphatic carboxylic acids is 1. The van der Waals surface area contributed by atoms with Crippen molar-refractivity contribution < 1.29 is 14.6 Å². The Morgan fingerprint density at radius 1 is 1.43 bits per heavy atom. The van der Waals surface area contributed by atoms with Gasteiger partial charge >= 0.3 is 5.97 Å². The lowest BCUT2D eigenvalue weighted by molar-refractivity contribution is -0.137. The Morgan fingerprint density at radius 3 is 3.14 bits per heavy atom. The molecule has 0 radical (unpaired) electrons. The number of carbonyl (C=O) groups is 1. The maximum Gasteiger partial charge on any atom is 0.303 e. The molecule has 0 aliphatic carbocycles. The molecule has 1 atom stereocenters. The number of aryl methyl sites for hydroxylation is 1. The fraction of sp³-hybridized carbons (Fsp3) is 0.429. The second kappa shape index (κ2) is 5.90. The molecule has 21 heavy (non-hydrogen) atoms. The highest BCUT2D eigenvalue weighted by Crippen LogP contribution is 2.31. The monoisotopic (exact) mass is 288 g/mol. The zero-order valence-electron chi connectivity index (χ0n) is 11.5. The summed E-state index contributed by atoms with van der Waals surface area (Å²) in [5.74, 6) is 0.966. The van der Waals surface area contributed by atoms with E-state index < -0.39 is 5.97 Å². The Bertz CT molecular complexity index is 641. The fourth-order valence-corrected chi connectivity index (χ4v) is 2.54. The maximum atomic E-state index is 10.6. The van der Waals surface area contributed by atoms with Crippen molar-refractivity contribution in [3.63, 3.8) is 0 Å². The van der Waals surface area contributed by atoms with E-state index in [-0.39, 0.29) is 12.3 Å². The van der Waals surface area contributed by atoms with E-state index in [4.69, 9.17) is 9.84 Å². The topological polar surface area (TPSA) is 90.1 Å². The summed E-state index contributed by atoms with van der Waals surface area (Å²) < 4.78 is 7.44. The third-order valence-electron chi connectivity index (χ3n) is 3.56. The second-order valence-corrected chi connectivity index (χ2v) is 5.08. The van der Waals surface area contributed by atoms with Gasteiger partial charge in [-0.05, 0) is 34.9 Å². The van der Waals surface area contributed by atoms with Gasteiger partial charge in [-0.25, -0.2) is 4.68 Å². The highest BCUT2D eigenvalue weighted by molar-refractivity contribution is 5.66. The second-order valence-electron chi connectivity index (χ2n) is 5.08. The lowest BCUT2D eigenvalue weighted by Gasteiger charge is -2.24. The summed E-state index contributed by atoms with van der Waals surface area (Å²) in [4.78, 5) is 10.6. The van der Waals surface area contributed by atoms with Gasteiger partial charge in [0.2, 0.25) is 0 Å². The third-order valence-corrected chi connectivity index (χ3v) is 3.56. The van der Waals surface area contributed by atoms with Gasteiger partial charge in [-0.3, -0.25) is 4.79 Å². The van der Waals surface area contributed by atoms with Gasteiger partial charge in [-0.15, -0.1) is 5.10 Å².